The molecule has 2 aromatic rings. The molecule has 0 aliphatic heterocycles. The molecule has 0 saturated carbocycles. The Bertz CT molecular complexity index is 728. The summed E-state index contributed by atoms with van der Waals surface area (Å²) in [4.78, 5) is 30.3. The Hall–Kier alpha value is -2.76. The van der Waals surface area contributed by atoms with E-state index in [1.165, 1.54) is 24.4 Å². The number of amides is 2. The summed E-state index contributed by atoms with van der Waals surface area (Å²) < 4.78 is 12.9. The van der Waals surface area contributed by atoms with E-state index < -0.39 is 0 Å². The van der Waals surface area contributed by atoms with Crippen LogP contribution in [0.3, 0.4) is 0 Å². The molecule has 0 radical (unpaired) electrons. The lowest BCUT2D eigenvalue weighted by Gasteiger charge is -2.18. The Kier molecular flexibility index (Phi) is 6.62. The molecule has 5 nitrogen and oxygen atoms in total. The van der Waals surface area contributed by atoms with Crippen LogP contribution in [0.15, 0.2) is 42.6 Å². The number of rotatable bonds is 7. The van der Waals surface area contributed by atoms with Gasteiger partial charge in [-0.2, -0.15) is 0 Å². The fourth-order valence-electron chi connectivity index (χ4n) is 2.44. The Morgan fingerprint density at radius 3 is 2.44 bits per heavy atom. The van der Waals surface area contributed by atoms with Gasteiger partial charge in [0.2, 0.25) is 0 Å². The molecule has 6 heteroatoms. The van der Waals surface area contributed by atoms with Crippen LogP contribution in [0, 0.1) is 5.82 Å². The van der Waals surface area contributed by atoms with Crippen molar-refractivity contribution in [3.05, 3.63) is 65.2 Å². The third kappa shape index (κ3) is 5.11. The lowest BCUT2D eigenvalue weighted by molar-refractivity contribution is 0.0773. The normalized spacial score (nSPS) is 10.4. The molecule has 2 amide bonds. The Labute approximate surface area is 146 Å². The number of nitrogens with one attached hydrogen (secondary N) is 1. The van der Waals surface area contributed by atoms with Crippen molar-refractivity contribution >= 4 is 11.8 Å². The lowest BCUT2D eigenvalue weighted by atomic mass is 10.1. The average Bonchev–Trinajstić information content (AvgIpc) is 2.64. The number of halogens is 1. The Morgan fingerprint density at radius 1 is 1.12 bits per heavy atom. The monoisotopic (exact) mass is 343 g/mol. The molecule has 1 heterocycles. The summed E-state index contributed by atoms with van der Waals surface area (Å²) in [6.07, 6.45) is 2.05. The van der Waals surface area contributed by atoms with Crippen LogP contribution in [0.5, 0.6) is 0 Å². The second-order valence-corrected chi connectivity index (χ2v) is 5.54. The highest BCUT2D eigenvalue weighted by Gasteiger charge is 2.15. The van der Waals surface area contributed by atoms with Crippen molar-refractivity contribution in [3.63, 3.8) is 0 Å². The van der Waals surface area contributed by atoms with Gasteiger partial charge >= 0.3 is 0 Å². The summed E-state index contributed by atoms with van der Waals surface area (Å²) in [6, 6.07) is 9.26. The zero-order chi connectivity index (χ0) is 18.2. The minimum atomic E-state index is -0.337. The summed E-state index contributed by atoms with van der Waals surface area (Å²) >= 11 is 0. The van der Waals surface area contributed by atoms with Gasteiger partial charge in [-0.3, -0.25) is 14.6 Å². The maximum Gasteiger partial charge on any atom is 0.269 e. The van der Waals surface area contributed by atoms with Gasteiger partial charge in [-0.15, -0.1) is 0 Å². The van der Waals surface area contributed by atoms with E-state index in [2.05, 4.69) is 10.3 Å². The molecule has 2 rings (SSSR count). The molecule has 0 saturated heterocycles. The Balaban J connectivity index is 1.96. The number of pyridine rings is 1. The second-order valence-electron chi connectivity index (χ2n) is 5.54. The van der Waals surface area contributed by atoms with Crippen LogP contribution in [0.25, 0.3) is 0 Å². The number of hydrogen-bond donors (Lipinski definition) is 1. The van der Waals surface area contributed by atoms with Gasteiger partial charge in [-0.25, -0.2) is 4.39 Å². The van der Waals surface area contributed by atoms with Gasteiger partial charge in [0.25, 0.3) is 11.8 Å². The molecule has 1 aromatic carbocycles. The molecular weight excluding hydrogens is 321 g/mol. The van der Waals surface area contributed by atoms with E-state index in [9.17, 15) is 14.0 Å². The molecule has 1 N–H and O–H groups in total. The minimum absolute atomic E-state index is 0.118. The molecule has 1 aromatic heterocycles. The summed E-state index contributed by atoms with van der Waals surface area (Å²) in [5.74, 6) is -0.740. The van der Waals surface area contributed by atoms with Gasteiger partial charge in [0, 0.05) is 31.4 Å². The third-order valence-electron chi connectivity index (χ3n) is 3.90. The topological polar surface area (TPSA) is 62.3 Å². The fourth-order valence-corrected chi connectivity index (χ4v) is 2.44. The number of benzene rings is 1. The number of carbonyl (C=O) groups excluding carboxylic acids is 2. The minimum Gasteiger partial charge on any atom is -0.350 e. The third-order valence-corrected chi connectivity index (χ3v) is 3.90. The smallest absolute Gasteiger partial charge is 0.269 e. The van der Waals surface area contributed by atoms with E-state index >= 15 is 0 Å². The molecule has 132 valence electrons. The van der Waals surface area contributed by atoms with Crippen molar-refractivity contribution in [1.82, 2.24) is 15.2 Å². The molecule has 0 aliphatic rings. The molecule has 0 atom stereocenters. The second kappa shape index (κ2) is 8.92. The van der Waals surface area contributed by atoms with Crippen molar-refractivity contribution in [2.75, 3.05) is 19.6 Å². The molecule has 0 aliphatic carbocycles. The van der Waals surface area contributed by atoms with Crippen LogP contribution in [-0.2, 0) is 6.42 Å². The number of hydrogen-bond acceptors (Lipinski definition) is 3. The number of carbonyl (C=O) groups is 2. The van der Waals surface area contributed by atoms with E-state index in [0.29, 0.717) is 31.6 Å². The maximum atomic E-state index is 12.9. The van der Waals surface area contributed by atoms with Crippen molar-refractivity contribution < 1.29 is 14.0 Å². The molecular formula is C19H22FN3O2. The van der Waals surface area contributed by atoms with Crippen molar-refractivity contribution in [3.8, 4) is 0 Å². The first-order chi connectivity index (χ1) is 12.0. The lowest BCUT2D eigenvalue weighted by Crippen LogP contribution is -2.31. The standard InChI is InChI=1S/C19H22FN3O2/c1-3-23(4-2)19(25)15-10-12-21-17(13-15)18(24)22-11-9-14-5-7-16(20)8-6-14/h5-8,10,12-13H,3-4,9,11H2,1-2H3,(H,22,24). The van der Waals surface area contributed by atoms with Gasteiger partial charge in [0.05, 0.1) is 0 Å². The van der Waals surface area contributed by atoms with Gasteiger partial charge in [0.1, 0.15) is 11.5 Å². The first-order valence-corrected chi connectivity index (χ1v) is 8.33. The van der Waals surface area contributed by atoms with Crippen LogP contribution >= 0.6 is 0 Å². The highest BCUT2D eigenvalue weighted by atomic mass is 19.1. The first kappa shape index (κ1) is 18.6. The Morgan fingerprint density at radius 2 is 1.80 bits per heavy atom. The summed E-state index contributed by atoms with van der Waals surface area (Å²) in [6.45, 7) is 5.44. The van der Waals surface area contributed by atoms with Gasteiger partial charge < -0.3 is 10.2 Å². The predicted molar refractivity (Wildman–Crippen MR) is 93.9 cm³/mol. The quantitative estimate of drug-likeness (QED) is 0.841. The van der Waals surface area contributed by atoms with Crippen molar-refractivity contribution in [2.24, 2.45) is 0 Å². The largest absolute Gasteiger partial charge is 0.350 e. The first-order valence-electron chi connectivity index (χ1n) is 8.33. The van der Waals surface area contributed by atoms with E-state index in [4.69, 9.17) is 0 Å². The van der Waals surface area contributed by atoms with Crippen LogP contribution in [0.4, 0.5) is 4.39 Å². The highest BCUT2D eigenvalue weighted by molar-refractivity contribution is 5.98. The summed E-state index contributed by atoms with van der Waals surface area (Å²) in [5.41, 5.74) is 1.58. The van der Waals surface area contributed by atoms with Crippen LogP contribution in [-0.4, -0.2) is 41.3 Å². The maximum absolute atomic E-state index is 12.9. The molecule has 0 spiro atoms. The zero-order valence-corrected chi connectivity index (χ0v) is 14.5. The summed E-state index contributed by atoms with van der Waals surface area (Å²) in [7, 11) is 0. The number of nitrogens with zero attached hydrogens (tertiary/aromatic N) is 2. The number of aromatic nitrogens is 1. The van der Waals surface area contributed by atoms with Crippen LogP contribution in [0.1, 0.15) is 40.3 Å². The zero-order valence-electron chi connectivity index (χ0n) is 14.5. The van der Waals surface area contributed by atoms with E-state index in [-0.39, 0.29) is 23.3 Å². The predicted octanol–water partition coefficient (Wildman–Crippen LogP) is 2.68. The van der Waals surface area contributed by atoms with Crippen molar-refractivity contribution in [2.45, 2.75) is 20.3 Å². The molecule has 25 heavy (non-hydrogen) atoms. The van der Waals surface area contributed by atoms with E-state index in [0.717, 1.165) is 5.56 Å². The molecule has 0 unspecified atom stereocenters. The van der Waals surface area contributed by atoms with Crippen LogP contribution < -0.4 is 5.32 Å². The van der Waals surface area contributed by atoms with Gasteiger partial charge in [-0.1, -0.05) is 12.1 Å². The van der Waals surface area contributed by atoms with Gasteiger partial charge in [0.15, 0.2) is 0 Å². The fraction of sp³-hybridized carbons (Fsp3) is 0.316. The van der Waals surface area contributed by atoms with Crippen LogP contribution in [0.2, 0.25) is 0 Å². The average molecular weight is 343 g/mol. The van der Waals surface area contributed by atoms with E-state index in [1.54, 1.807) is 23.1 Å². The summed E-state index contributed by atoms with van der Waals surface area (Å²) in [5, 5.41) is 2.77. The highest BCUT2D eigenvalue weighted by Crippen LogP contribution is 2.07. The molecule has 0 fully saturated rings. The SMILES string of the molecule is CCN(CC)C(=O)c1ccnc(C(=O)NCCc2ccc(F)cc2)c1. The van der Waals surface area contributed by atoms with Crippen molar-refractivity contribution in [1.29, 1.82) is 0 Å². The van der Waals surface area contributed by atoms with Gasteiger partial charge in [-0.05, 0) is 50.1 Å². The van der Waals surface area contributed by atoms with E-state index in [1.807, 2.05) is 13.8 Å². The molecule has 0 bridgehead atoms.